The van der Waals surface area contributed by atoms with Gasteiger partial charge < -0.3 is 4.84 Å². The van der Waals surface area contributed by atoms with E-state index >= 15 is 0 Å². The minimum atomic E-state index is -2.30. The third-order valence-electron chi connectivity index (χ3n) is 2.65. The Morgan fingerprint density at radius 2 is 2.23 bits per heavy atom. The fourth-order valence-corrected chi connectivity index (χ4v) is 3.20. The summed E-state index contributed by atoms with van der Waals surface area (Å²) in [5.41, 5.74) is 2.25. The number of rotatable bonds is 6. The van der Waals surface area contributed by atoms with Crippen LogP contribution in [-0.2, 0) is 9.63 Å². The Bertz CT molecular complexity index is 598. The quantitative estimate of drug-likeness (QED) is 0.355. The monoisotopic (exact) mass is 351 g/mol. The van der Waals surface area contributed by atoms with Gasteiger partial charge in [0.15, 0.2) is 16.0 Å². The van der Waals surface area contributed by atoms with Crippen LogP contribution in [0.3, 0.4) is 0 Å². The van der Waals surface area contributed by atoms with Crippen molar-refractivity contribution < 1.29 is 22.8 Å². The summed E-state index contributed by atoms with van der Waals surface area (Å²) in [5, 5.41) is 7.71. The van der Waals surface area contributed by atoms with E-state index < -0.39 is 11.9 Å². The number of amidine groups is 1. The molecule has 0 aliphatic heterocycles. The van der Waals surface area contributed by atoms with Crippen LogP contribution < -0.4 is 5.48 Å². The van der Waals surface area contributed by atoms with E-state index in [1.165, 1.54) is 6.20 Å². The van der Waals surface area contributed by atoms with Crippen LogP contribution in [0, 0.1) is 11.3 Å². The molecule has 0 atom stereocenters. The minimum absolute atomic E-state index is 0.0771. The highest BCUT2D eigenvalue weighted by molar-refractivity contribution is 8.01. The first-order valence-corrected chi connectivity index (χ1v) is 8.11. The molecule has 0 amide bonds. The van der Waals surface area contributed by atoms with Crippen molar-refractivity contribution >= 4 is 34.9 Å². The third kappa shape index (κ3) is 5.02. The van der Waals surface area contributed by atoms with E-state index in [-0.39, 0.29) is 29.9 Å². The van der Waals surface area contributed by atoms with Gasteiger partial charge in [0.05, 0.1) is 17.0 Å². The molecule has 0 unspecified atom stereocenters. The molecule has 0 spiro atoms. The Morgan fingerprint density at radius 3 is 2.86 bits per heavy atom. The lowest BCUT2D eigenvalue weighted by Gasteiger charge is -2.04. The Balaban J connectivity index is 1.76. The first-order chi connectivity index (χ1) is 10.5. The number of hydroxylamine groups is 1. The molecule has 1 aromatic rings. The smallest absolute Gasteiger partial charge is 0.335 e. The van der Waals surface area contributed by atoms with E-state index in [0.717, 1.165) is 35.9 Å². The molecule has 22 heavy (non-hydrogen) atoms. The summed E-state index contributed by atoms with van der Waals surface area (Å²) in [7, 11) is 0. The zero-order valence-electron chi connectivity index (χ0n) is 11.2. The SMILES string of the molecule is N=C(NOC(=O)C1CC1)c1cnc(SCCC(F)=C(F)F)s1. The first-order valence-electron chi connectivity index (χ1n) is 6.31. The van der Waals surface area contributed by atoms with Crippen molar-refractivity contribution in [2.24, 2.45) is 5.92 Å². The number of allylic oxidation sites excluding steroid dienone is 1. The largest absolute Gasteiger partial charge is 0.342 e. The molecule has 0 saturated heterocycles. The maximum Gasteiger partial charge on any atom is 0.335 e. The fourth-order valence-electron chi connectivity index (χ4n) is 1.32. The number of carbonyl (C=O) groups is 1. The van der Waals surface area contributed by atoms with Gasteiger partial charge in [0.1, 0.15) is 0 Å². The van der Waals surface area contributed by atoms with E-state index in [1.54, 1.807) is 0 Å². The topological polar surface area (TPSA) is 75.1 Å². The van der Waals surface area contributed by atoms with Crippen LogP contribution in [0.1, 0.15) is 24.1 Å². The predicted octanol–water partition coefficient (Wildman–Crippen LogP) is 3.49. The number of thiazole rings is 1. The zero-order valence-corrected chi connectivity index (χ0v) is 12.8. The summed E-state index contributed by atoms with van der Waals surface area (Å²) in [6, 6.07) is 0. The van der Waals surface area contributed by atoms with Crippen LogP contribution >= 0.6 is 23.1 Å². The van der Waals surface area contributed by atoms with Crippen molar-refractivity contribution in [3.05, 3.63) is 23.0 Å². The highest BCUT2D eigenvalue weighted by atomic mass is 32.2. The van der Waals surface area contributed by atoms with Gasteiger partial charge in [0.25, 0.3) is 0 Å². The van der Waals surface area contributed by atoms with Crippen molar-refractivity contribution in [1.29, 1.82) is 5.41 Å². The number of nitrogens with one attached hydrogen (secondary N) is 2. The summed E-state index contributed by atoms with van der Waals surface area (Å²) in [6.07, 6.45) is 0.328. The van der Waals surface area contributed by atoms with Crippen molar-refractivity contribution in [2.45, 2.75) is 23.6 Å². The van der Waals surface area contributed by atoms with E-state index in [9.17, 15) is 18.0 Å². The average Bonchev–Trinajstić information content (AvgIpc) is 3.23. The second-order valence-corrected chi connectivity index (χ2v) is 6.80. The molecule has 1 saturated carbocycles. The van der Waals surface area contributed by atoms with Crippen molar-refractivity contribution in [1.82, 2.24) is 10.5 Å². The Kier molecular flexibility index (Phi) is 5.83. The van der Waals surface area contributed by atoms with Gasteiger partial charge in [-0.3, -0.25) is 5.41 Å². The fraction of sp³-hybridized carbons (Fsp3) is 0.417. The van der Waals surface area contributed by atoms with Gasteiger partial charge in [-0.2, -0.15) is 14.3 Å². The van der Waals surface area contributed by atoms with Gasteiger partial charge in [-0.15, -0.1) is 11.3 Å². The van der Waals surface area contributed by atoms with E-state index in [4.69, 9.17) is 10.2 Å². The molecule has 10 heteroatoms. The molecule has 1 aliphatic carbocycles. The molecule has 0 aromatic carbocycles. The number of thioether (sulfide) groups is 1. The second kappa shape index (κ2) is 7.63. The Morgan fingerprint density at radius 1 is 1.50 bits per heavy atom. The van der Waals surface area contributed by atoms with Gasteiger partial charge in [-0.1, -0.05) is 11.8 Å². The molecular formula is C12H12F3N3O2S2. The summed E-state index contributed by atoms with van der Waals surface area (Å²) in [6.45, 7) is 0. The number of aromatic nitrogens is 1. The van der Waals surface area contributed by atoms with E-state index in [1.807, 2.05) is 0 Å². The molecule has 5 nitrogen and oxygen atoms in total. The summed E-state index contributed by atoms with van der Waals surface area (Å²) >= 11 is 2.24. The normalized spacial score (nSPS) is 13.6. The molecule has 1 heterocycles. The standard InChI is InChI=1S/C12H12F3N3O2S2/c13-7(9(14)15)3-4-21-12-17-5-8(22-12)10(16)18-20-11(19)6-1-2-6/h5-6H,1-4H2,(H2,16,18). The van der Waals surface area contributed by atoms with Crippen molar-refractivity contribution in [3.8, 4) is 0 Å². The number of nitrogens with zero attached hydrogens (tertiary/aromatic N) is 1. The van der Waals surface area contributed by atoms with Crippen LogP contribution in [0.5, 0.6) is 0 Å². The number of carbonyl (C=O) groups excluding carboxylic acids is 1. The van der Waals surface area contributed by atoms with Crippen LogP contribution in [0.2, 0.25) is 0 Å². The van der Waals surface area contributed by atoms with Crippen LogP contribution in [0.25, 0.3) is 0 Å². The highest BCUT2D eigenvalue weighted by Gasteiger charge is 2.32. The van der Waals surface area contributed by atoms with E-state index in [2.05, 4.69) is 10.5 Å². The van der Waals surface area contributed by atoms with Crippen LogP contribution in [0.15, 0.2) is 22.4 Å². The maximum atomic E-state index is 12.6. The van der Waals surface area contributed by atoms with Crippen molar-refractivity contribution in [2.75, 3.05) is 5.75 Å². The summed E-state index contributed by atoms with van der Waals surface area (Å²) in [4.78, 5) is 20.5. The first kappa shape index (κ1) is 16.8. The van der Waals surface area contributed by atoms with Gasteiger partial charge >= 0.3 is 12.0 Å². The molecule has 0 bridgehead atoms. The van der Waals surface area contributed by atoms with Crippen LogP contribution in [0.4, 0.5) is 13.2 Å². The van der Waals surface area contributed by atoms with Crippen LogP contribution in [-0.4, -0.2) is 22.5 Å². The molecule has 0 radical (unpaired) electrons. The van der Waals surface area contributed by atoms with Gasteiger partial charge in [-0.25, -0.2) is 14.2 Å². The molecular weight excluding hydrogens is 339 g/mol. The molecule has 1 aromatic heterocycles. The Hall–Kier alpha value is -1.55. The molecule has 2 rings (SSSR count). The lowest BCUT2D eigenvalue weighted by molar-refractivity contribution is -0.149. The van der Waals surface area contributed by atoms with E-state index in [0.29, 0.717) is 9.22 Å². The minimum Gasteiger partial charge on any atom is -0.342 e. The van der Waals surface area contributed by atoms with Crippen molar-refractivity contribution in [3.63, 3.8) is 0 Å². The molecule has 2 N–H and O–H groups in total. The number of hydrogen-bond donors (Lipinski definition) is 2. The average molecular weight is 351 g/mol. The maximum absolute atomic E-state index is 12.6. The summed E-state index contributed by atoms with van der Waals surface area (Å²) < 4.78 is 36.9. The summed E-state index contributed by atoms with van der Waals surface area (Å²) in [5.74, 6) is -1.89. The lowest BCUT2D eigenvalue weighted by atomic mass is 10.4. The molecule has 1 aliphatic rings. The number of halogens is 3. The predicted molar refractivity (Wildman–Crippen MR) is 76.6 cm³/mol. The Labute approximate surface area is 132 Å². The molecule has 1 fully saturated rings. The lowest BCUT2D eigenvalue weighted by Crippen LogP contribution is -2.27. The third-order valence-corrected chi connectivity index (χ3v) is 4.82. The van der Waals surface area contributed by atoms with Gasteiger partial charge in [-0.05, 0) is 12.8 Å². The second-order valence-electron chi connectivity index (χ2n) is 4.43. The highest BCUT2D eigenvalue weighted by Crippen LogP contribution is 2.30. The molecule has 120 valence electrons. The number of hydrogen-bond acceptors (Lipinski definition) is 6. The van der Waals surface area contributed by atoms with Gasteiger partial charge in [0.2, 0.25) is 0 Å². The zero-order chi connectivity index (χ0) is 16.1. The van der Waals surface area contributed by atoms with Gasteiger partial charge in [0, 0.05) is 12.2 Å².